The van der Waals surface area contributed by atoms with Crippen LogP contribution in [0.4, 0.5) is 8.78 Å². The Balaban J connectivity index is 1.68. The van der Waals surface area contributed by atoms with Crippen molar-refractivity contribution in [1.82, 2.24) is 10.3 Å². The fourth-order valence-corrected chi connectivity index (χ4v) is 4.24. The van der Waals surface area contributed by atoms with E-state index >= 15 is 0 Å². The summed E-state index contributed by atoms with van der Waals surface area (Å²) >= 11 is 0. The second-order valence-corrected chi connectivity index (χ2v) is 8.78. The first-order chi connectivity index (χ1) is 15.9. The quantitative estimate of drug-likeness (QED) is 0.448. The van der Waals surface area contributed by atoms with Gasteiger partial charge in [0, 0.05) is 23.9 Å². The van der Waals surface area contributed by atoms with Crippen LogP contribution in [-0.4, -0.2) is 29.4 Å². The van der Waals surface area contributed by atoms with Crippen LogP contribution in [0.1, 0.15) is 50.7 Å². The Morgan fingerprint density at radius 3 is 2.61 bits per heavy atom. The number of hydrogen-bond donors (Lipinski definition) is 1. The molecule has 0 saturated carbocycles. The van der Waals surface area contributed by atoms with Gasteiger partial charge in [0.15, 0.2) is 0 Å². The highest BCUT2D eigenvalue weighted by molar-refractivity contribution is 5.97. The van der Waals surface area contributed by atoms with Crippen LogP contribution >= 0.6 is 0 Å². The minimum absolute atomic E-state index is 0.0993. The van der Waals surface area contributed by atoms with Gasteiger partial charge in [-0.25, -0.2) is 8.78 Å². The summed E-state index contributed by atoms with van der Waals surface area (Å²) in [6.45, 7) is 4.30. The SMILES string of the molecule is CC(C)C(=O)N1N=C(c2cc(F)ccc2F)OC1(CCCNC1CC=CC1)c1ccccc1. The Morgan fingerprint density at radius 1 is 1.18 bits per heavy atom. The number of hydrogen-bond acceptors (Lipinski definition) is 4. The molecule has 1 amide bonds. The van der Waals surface area contributed by atoms with Crippen LogP contribution in [0.2, 0.25) is 0 Å². The van der Waals surface area contributed by atoms with Gasteiger partial charge in [-0.05, 0) is 44.0 Å². The number of amides is 1. The highest BCUT2D eigenvalue weighted by Crippen LogP contribution is 2.41. The van der Waals surface area contributed by atoms with E-state index in [1.54, 1.807) is 13.8 Å². The molecule has 1 aliphatic heterocycles. The lowest BCUT2D eigenvalue weighted by Gasteiger charge is -2.36. The highest BCUT2D eigenvalue weighted by atomic mass is 19.1. The van der Waals surface area contributed by atoms with Crippen LogP contribution in [0.15, 0.2) is 65.8 Å². The van der Waals surface area contributed by atoms with Crippen molar-refractivity contribution in [2.75, 3.05) is 6.54 Å². The van der Waals surface area contributed by atoms with Crippen molar-refractivity contribution in [1.29, 1.82) is 0 Å². The zero-order valence-corrected chi connectivity index (χ0v) is 18.9. The first kappa shape index (κ1) is 23.1. The maximum atomic E-state index is 14.6. The van der Waals surface area contributed by atoms with E-state index in [9.17, 15) is 13.6 Å². The first-order valence-corrected chi connectivity index (χ1v) is 11.4. The molecule has 4 rings (SSSR count). The Bertz CT molecular complexity index is 1050. The number of rotatable bonds is 8. The van der Waals surface area contributed by atoms with Crippen molar-refractivity contribution in [3.63, 3.8) is 0 Å². The molecule has 0 saturated heterocycles. The van der Waals surface area contributed by atoms with Crippen LogP contribution in [-0.2, 0) is 15.3 Å². The van der Waals surface area contributed by atoms with Crippen molar-refractivity contribution in [3.8, 4) is 0 Å². The minimum Gasteiger partial charge on any atom is -0.443 e. The molecular formula is C26H29F2N3O2. The van der Waals surface area contributed by atoms with Crippen LogP contribution < -0.4 is 5.32 Å². The van der Waals surface area contributed by atoms with Crippen LogP contribution in [0.25, 0.3) is 0 Å². The molecule has 1 N–H and O–H groups in total. The van der Waals surface area contributed by atoms with Gasteiger partial charge in [0.05, 0.1) is 5.56 Å². The second-order valence-electron chi connectivity index (χ2n) is 8.78. The smallest absolute Gasteiger partial charge is 0.249 e. The van der Waals surface area contributed by atoms with Gasteiger partial charge >= 0.3 is 0 Å². The fourth-order valence-electron chi connectivity index (χ4n) is 4.24. The molecule has 0 spiro atoms. The third-order valence-corrected chi connectivity index (χ3v) is 6.02. The summed E-state index contributed by atoms with van der Waals surface area (Å²) in [7, 11) is 0. The van der Waals surface area contributed by atoms with E-state index in [1.165, 1.54) is 5.01 Å². The lowest BCUT2D eigenvalue weighted by Crippen LogP contribution is -2.47. The summed E-state index contributed by atoms with van der Waals surface area (Å²) in [5, 5.41) is 9.26. The number of nitrogens with one attached hydrogen (secondary N) is 1. The average molecular weight is 454 g/mol. The summed E-state index contributed by atoms with van der Waals surface area (Å²) in [6, 6.07) is 12.9. The molecule has 0 bridgehead atoms. The number of hydrazone groups is 1. The lowest BCUT2D eigenvalue weighted by molar-refractivity contribution is -0.156. The molecule has 0 radical (unpaired) electrons. The zero-order chi connectivity index (χ0) is 23.4. The van der Waals surface area contributed by atoms with E-state index in [4.69, 9.17) is 4.74 Å². The van der Waals surface area contributed by atoms with Gasteiger partial charge in [0.2, 0.25) is 17.5 Å². The predicted octanol–water partition coefficient (Wildman–Crippen LogP) is 5.08. The summed E-state index contributed by atoms with van der Waals surface area (Å²) in [6.07, 6.45) is 7.48. The van der Waals surface area contributed by atoms with E-state index in [0.717, 1.165) is 43.1 Å². The van der Waals surface area contributed by atoms with Gasteiger partial charge in [-0.1, -0.05) is 56.3 Å². The Hall–Kier alpha value is -3.06. The average Bonchev–Trinajstić information content (AvgIpc) is 3.47. The summed E-state index contributed by atoms with van der Waals surface area (Å²) in [5.41, 5.74) is -0.617. The molecule has 2 aromatic carbocycles. The molecule has 174 valence electrons. The molecule has 33 heavy (non-hydrogen) atoms. The number of carbonyl (C=O) groups is 1. The van der Waals surface area contributed by atoms with Gasteiger partial charge < -0.3 is 10.1 Å². The third kappa shape index (κ3) is 4.83. The number of carbonyl (C=O) groups excluding carboxylic acids is 1. The molecular weight excluding hydrogens is 424 g/mol. The molecule has 0 fully saturated rings. The second kappa shape index (κ2) is 9.83. The van der Waals surface area contributed by atoms with Crippen LogP contribution in [0.3, 0.4) is 0 Å². The molecule has 0 aromatic heterocycles. The van der Waals surface area contributed by atoms with Gasteiger partial charge in [-0.3, -0.25) is 4.79 Å². The fraction of sp³-hybridized carbons (Fsp3) is 0.385. The Labute approximate surface area is 193 Å². The summed E-state index contributed by atoms with van der Waals surface area (Å²) in [5.74, 6) is -1.98. The molecule has 1 atom stereocenters. The van der Waals surface area contributed by atoms with E-state index < -0.39 is 17.4 Å². The predicted molar refractivity (Wildman–Crippen MR) is 123 cm³/mol. The number of nitrogens with zero attached hydrogens (tertiary/aromatic N) is 2. The zero-order valence-electron chi connectivity index (χ0n) is 18.9. The molecule has 1 heterocycles. The summed E-state index contributed by atoms with van der Waals surface area (Å²) < 4.78 is 34.8. The van der Waals surface area contributed by atoms with Gasteiger partial charge in [0.1, 0.15) is 11.6 Å². The maximum absolute atomic E-state index is 14.6. The topological polar surface area (TPSA) is 53.9 Å². The first-order valence-electron chi connectivity index (χ1n) is 11.4. The lowest BCUT2D eigenvalue weighted by atomic mass is 9.95. The molecule has 1 unspecified atom stereocenters. The molecule has 2 aromatic rings. The Morgan fingerprint density at radius 2 is 1.91 bits per heavy atom. The van der Waals surface area contributed by atoms with Crippen molar-refractivity contribution in [3.05, 3.63) is 83.4 Å². The Kier molecular flexibility index (Phi) is 6.88. The van der Waals surface area contributed by atoms with Crippen molar-refractivity contribution >= 4 is 11.8 Å². The van der Waals surface area contributed by atoms with Crippen molar-refractivity contribution < 1.29 is 18.3 Å². The normalized spacial score (nSPS) is 20.4. The van der Waals surface area contributed by atoms with Crippen LogP contribution in [0, 0.1) is 17.6 Å². The van der Waals surface area contributed by atoms with E-state index in [0.29, 0.717) is 18.9 Å². The minimum atomic E-state index is -1.24. The van der Waals surface area contributed by atoms with Crippen molar-refractivity contribution in [2.45, 2.75) is 51.3 Å². The molecule has 5 nitrogen and oxygen atoms in total. The number of benzene rings is 2. The standard InChI is InChI=1S/C26H29F2N3O2/c1-18(2)25(32)31-26(19-9-4-3-5-10-19,15-8-16-29-21-11-6-7-12-21)33-24(30-31)22-17-20(27)13-14-23(22)28/h3-7,9-10,13-14,17-18,21,29H,8,11-12,15-16H2,1-2H3. The van der Waals surface area contributed by atoms with Gasteiger partial charge in [0.25, 0.3) is 0 Å². The summed E-state index contributed by atoms with van der Waals surface area (Å²) in [4.78, 5) is 13.3. The molecule has 2 aliphatic rings. The van der Waals surface area contributed by atoms with E-state index in [1.807, 2.05) is 30.3 Å². The van der Waals surface area contributed by atoms with Crippen molar-refractivity contribution in [2.24, 2.45) is 11.0 Å². The van der Waals surface area contributed by atoms with E-state index in [-0.39, 0.29) is 23.3 Å². The van der Waals surface area contributed by atoms with Crippen LogP contribution in [0.5, 0.6) is 0 Å². The third-order valence-electron chi connectivity index (χ3n) is 6.02. The highest BCUT2D eigenvalue weighted by Gasteiger charge is 2.50. The maximum Gasteiger partial charge on any atom is 0.249 e. The largest absolute Gasteiger partial charge is 0.443 e. The van der Waals surface area contributed by atoms with E-state index in [2.05, 4.69) is 22.6 Å². The molecule has 7 heteroatoms. The number of ether oxygens (including phenoxy) is 1. The van der Waals surface area contributed by atoms with Gasteiger partial charge in [-0.2, -0.15) is 5.01 Å². The molecule has 1 aliphatic carbocycles. The monoisotopic (exact) mass is 453 g/mol. The number of halogens is 2. The van der Waals surface area contributed by atoms with Gasteiger partial charge in [-0.15, -0.1) is 5.10 Å².